The number of ketones is 2. The number of carbonyl (C=O) groups is 3. The van der Waals surface area contributed by atoms with Crippen molar-refractivity contribution in [3.63, 3.8) is 0 Å². The van der Waals surface area contributed by atoms with Crippen LogP contribution in [-0.2, 0) is 30.3 Å². The average Bonchev–Trinajstić information content (AvgIpc) is 2.79. The van der Waals surface area contributed by atoms with Crippen molar-refractivity contribution in [3.05, 3.63) is 84.3 Å². The van der Waals surface area contributed by atoms with Crippen LogP contribution >= 0.6 is 0 Å². The van der Waals surface area contributed by atoms with Crippen molar-refractivity contribution in [1.82, 2.24) is 10.4 Å². The van der Waals surface area contributed by atoms with E-state index in [1.807, 2.05) is 37.3 Å². The molecule has 1 heterocycles. The number of hydrazine groups is 1. The molecule has 0 bridgehead atoms. The number of hydrogen-bond donors (Lipinski definition) is 1. The second-order valence-electron chi connectivity index (χ2n) is 6.97. The van der Waals surface area contributed by atoms with E-state index >= 15 is 0 Å². The molecule has 1 aromatic rings. The Bertz CT molecular complexity index is 902. The number of ether oxygens (including phenoxy) is 2. The van der Waals surface area contributed by atoms with E-state index < -0.39 is 17.8 Å². The molecule has 7 nitrogen and oxygen atoms in total. The Hall–Kier alpha value is -3.45. The van der Waals surface area contributed by atoms with E-state index in [9.17, 15) is 14.4 Å². The lowest BCUT2D eigenvalue weighted by molar-refractivity contribution is -0.151. The molecule has 1 atom stereocenters. The number of esters is 1. The van der Waals surface area contributed by atoms with Gasteiger partial charge in [0, 0.05) is 6.42 Å². The summed E-state index contributed by atoms with van der Waals surface area (Å²) in [6, 6.07) is 8.44. The molecule has 1 aromatic carbocycles. The molecule has 170 valence electrons. The molecule has 1 unspecified atom stereocenters. The molecule has 0 fully saturated rings. The van der Waals surface area contributed by atoms with Gasteiger partial charge in [-0.3, -0.25) is 9.59 Å². The number of Topliss-reactive ketones (excluding diaryl/α,β-unsaturated/α-hetero) is 2. The molecule has 0 aliphatic carbocycles. The highest BCUT2D eigenvalue weighted by Gasteiger charge is 2.37. The van der Waals surface area contributed by atoms with Gasteiger partial charge in [0.05, 0.1) is 26.0 Å². The molecule has 1 N–H and O–H groups in total. The molecule has 7 heteroatoms. The fourth-order valence-corrected chi connectivity index (χ4v) is 3.03. The third kappa shape index (κ3) is 7.35. The molecule has 0 amide bonds. The lowest BCUT2D eigenvalue weighted by Crippen LogP contribution is -2.56. The number of rotatable bonds is 12. The zero-order valence-electron chi connectivity index (χ0n) is 18.6. The highest BCUT2D eigenvalue weighted by Crippen LogP contribution is 2.15. The summed E-state index contributed by atoms with van der Waals surface area (Å²) in [7, 11) is 0. The first kappa shape index (κ1) is 24.8. The van der Waals surface area contributed by atoms with E-state index in [0.717, 1.165) is 5.56 Å². The predicted molar refractivity (Wildman–Crippen MR) is 122 cm³/mol. The quantitative estimate of drug-likeness (QED) is 0.232. The third-order valence-electron chi connectivity index (χ3n) is 4.68. The monoisotopic (exact) mass is 438 g/mol. The summed E-state index contributed by atoms with van der Waals surface area (Å²) in [5.41, 5.74) is 4.44. The molecule has 1 aliphatic heterocycles. The number of benzene rings is 1. The van der Waals surface area contributed by atoms with Crippen LogP contribution in [0.5, 0.6) is 0 Å². The van der Waals surface area contributed by atoms with Gasteiger partial charge in [0.2, 0.25) is 5.78 Å². The minimum Gasteiger partial charge on any atom is -0.488 e. The van der Waals surface area contributed by atoms with Crippen LogP contribution in [0, 0.1) is 0 Å². The molecule has 0 aromatic heterocycles. The Kier molecular flexibility index (Phi) is 10.1. The Morgan fingerprint density at radius 2 is 1.94 bits per heavy atom. The summed E-state index contributed by atoms with van der Waals surface area (Å²) in [6.07, 6.45) is 9.38. The van der Waals surface area contributed by atoms with Crippen molar-refractivity contribution in [2.45, 2.75) is 32.7 Å². The van der Waals surface area contributed by atoms with Crippen molar-refractivity contribution in [2.24, 2.45) is 0 Å². The van der Waals surface area contributed by atoms with Gasteiger partial charge in [0.25, 0.3) is 0 Å². The Labute approximate surface area is 189 Å². The molecular weight excluding hydrogens is 408 g/mol. The predicted octanol–water partition coefficient (Wildman–Crippen LogP) is 3.06. The Balaban J connectivity index is 2.15. The maximum atomic E-state index is 12.8. The number of allylic oxidation sites excluding steroid dienone is 4. The summed E-state index contributed by atoms with van der Waals surface area (Å²) < 4.78 is 10.7. The number of nitrogens with one attached hydrogen (secondary N) is 1. The van der Waals surface area contributed by atoms with Gasteiger partial charge >= 0.3 is 5.97 Å². The number of hydrogen-bond acceptors (Lipinski definition) is 7. The average molecular weight is 439 g/mol. The van der Waals surface area contributed by atoms with Crippen LogP contribution in [0.1, 0.15) is 25.8 Å². The molecular formula is C25H30N2O5. The van der Waals surface area contributed by atoms with Crippen molar-refractivity contribution in [2.75, 3.05) is 19.8 Å². The van der Waals surface area contributed by atoms with Crippen LogP contribution in [0.2, 0.25) is 0 Å². The van der Waals surface area contributed by atoms with Crippen LogP contribution in [0.15, 0.2) is 78.7 Å². The second-order valence-corrected chi connectivity index (χ2v) is 6.97. The zero-order valence-corrected chi connectivity index (χ0v) is 18.6. The first-order valence-corrected chi connectivity index (χ1v) is 10.6. The van der Waals surface area contributed by atoms with Gasteiger partial charge < -0.3 is 14.5 Å². The van der Waals surface area contributed by atoms with Crippen molar-refractivity contribution >= 4 is 17.5 Å². The zero-order chi connectivity index (χ0) is 23.3. The summed E-state index contributed by atoms with van der Waals surface area (Å²) in [5.74, 6) is -1.38. The van der Waals surface area contributed by atoms with Gasteiger partial charge in [-0.05, 0) is 24.5 Å². The fraction of sp³-hybridized carbons (Fsp3) is 0.320. The summed E-state index contributed by atoms with van der Waals surface area (Å²) in [6.45, 7) is 7.47. The summed E-state index contributed by atoms with van der Waals surface area (Å²) >= 11 is 0. The van der Waals surface area contributed by atoms with E-state index in [4.69, 9.17) is 9.47 Å². The standard InChI is InChI=1S/C25H30N2O5/c1-4-7-9-14-20(5-2)21(28)17-27-18-22(24(29)23(26-27)25(30)31-6-3)32-16-15-19-12-10-8-11-13-19/h4,7-14,18,23,26H,1,5-6,15-17H2,2-3H3/b9-7-,20-14+. The molecule has 0 saturated carbocycles. The first-order valence-electron chi connectivity index (χ1n) is 10.6. The molecule has 0 saturated heterocycles. The van der Waals surface area contributed by atoms with Crippen molar-refractivity contribution in [3.8, 4) is 0 Å². The minimum atomic E-state index is -1.27. The van der Waals surface area contributed by atoms with Gasteiger partial charge in [0.15, 0.2) is 17.6 Å². The second kappa shape index (κ2) is 13.1. The lowest BCUT2D eigenvalue weighted by atomic mass is 10.1. The normalized spacial score (nSPS) is 16.6. The number of carbonyl (C=O) groups excluding carboxylic acids is 3. The largest absolute Gasteiger partial charge is 0.488 e. The highest BCUT2D eigenvalue weighted by molar-refractivity contribution is 6.11. The van der Waals surface area contributed by atoms with Crippen LogP contribution in [0.3, 0.4) is 0 Å². The topological polar surface area (TPSA) is 84.9 Å². The van der Waals surface area contributed by atoms with Gasteiger partial charge in [-0.1, -0.05) is 68.1 Å². The van der Waals surface area contributed by atoms with Crippen LogP contribution < -0.4 is 5.43 Å². The third-order valence-corrected chi connectivity index (χ3v) is 4.68. The maximum Gasteiger partial charge on any atom is 0.333 e. The Morgan fingerprint density at radius 3 is 2.59 bits per heavy atom. The van der Waals surface area contributed by atoms with Gasteiger partial charge in [0.1, 0.15) is 0 Å². The molecule has 0 spiro atoms. The SMILES string of the molecule is C=C/C=C\C=C(/CC)C(=O)CN1C=C(OCCc2ccccc2)C(=O)C(C(=O)OCC)N1. The fourth-order valence-electron chi connectivity index (χ4n) is 3.03. The highest BCUT2D eigenvalue weighted by atomic mass is 16.5. The van der Waals surface area contributed by atoms with E-state index in [1.54, 1.807) is 31.2 Å². The van der Waals surface area contributed by atoms with Crippen molar-refractivity contribution in [1.29, 1.82) is 0 Å². The molecule has 2 rings (SSSR count). The molecule has 0 radical (unpaired) electrons. The van der Waals surface area contributed by atoms with Crippen LogP contribution in [-0.4, -0.2) is 48.3 Å². The van der Waals surface area contributed by atoms with Gasteiger partial charge in [-0.15, -0.1) is 0 Å². The summed E-state index contributed by atoms with van der Waals surface area (Å²) in [5, 5.41) is 1.41. The Morgan fingerprint density at radius 1 is 1.19 bits per heavy atom. The van der Waals surface area contributed by atoms with E-state index in [-0.39, 0.29) is 31.3 Å². The molecule has 32 heavy (non-hydrogen) atoms. The van der Waals surface area contributed by atoms with Crippen LogP contribution in [0.4, 0.5) is 0 Å². The van der Waals surface area contributed by atoms with Crippen molar-refractivity contribution < 1.29 is 23.9 Å². The van der Waals surface area contributed by atoms with Gasteiger partial charge in [-0.25, -0.2) is 10.2 Å². The summed E-state index contributed by atoms with van der Waals surface area (Å²) in [4.78, 5) is 37.8. The van der Waals surface area contributed by atoms with Crippen LogP contribution in [0.25, 0.3) is 0 Å². The first-order chi connectivity index (χ1) is 15.5. The van der Waals surface area contributed by atoms with Gasteiger partial charge in [-0.2, -0.15) is 0 Å². The lowest BCUT2D eigenvalue weighted by Gasteiger charge is -2.31. The smallest absolute Gasteiger partial charge is 0.333 e. The van der Waals surface area contributed by atoms with E-state index in [2.05, 4.69) is 12.0 Å². The number of nitrogens with zero attached hydrogens (tertiary/aromatic N) is 1. The van der Waals surface area contributed by atoms with E-state index in [0.29, 0.717) is 18.4 Å². The molecule has 1 aliphatic rings. The maximum absolute atomic E-state index is 12.8. The van der Waals surface area contributed by atoms with E-state index in [1.165, 1.54) is 11.2 Å². The minimum absolute atomic E-state index is 0.0131.